The summed E-state index contributed by atoms with van der Waals surface area (Å²) in [4.78, 5) is 24.5. The molecule has 7 nitrogen and oxygen atoms in total. The molecule has 0 spiro atoms. The summed E-state index contributed by atoms with van der Waals surface area (Å²) in [7, 11) is 0. The zero-order valence-electron chi connectivity index (χ0n) is 14.0. The molecule has 0 radical (unpaired) electrons. The van der Waals surface area contributed by atoms with Crippen molar-refractivity contribution >= 4 is 17.5 Å². The molecule has 7 heteroatoms. The first kappa shape index (κ1) is 17.1. The molecule has 0 atom stereocenters. The lowest BCUT2D eigenvalue weighted by molar-refractivity contribution is 0.0734. The van der Waals surface area contributed by atoms with Gasteiger partial charge in [-0.25, -0.2) is 4.79 Å². The Balaban J connectivity index is 1.76. The number of aromatic amines is 1. The van der Waals surface area contributed by atoms with Crippen molar-refractivity contribution in [1.82, 2.24) is 10.2 Å². The van der Waals surface area contributed by atoms with Crippen LogP contribution in [0.5, 0.6) is 5.75 Å². The number of hydrogen-bond acceptors (Lipinski definition) is 6. The highest BCUT2D eigenvalue weighted by atomic mass is 16.5. The number of benzene rings is 2. The number of ketones is 1. The standard InChI is InChI=1S/C19H16N4O3/c1-12-11-16(23-22-12)18(24)17(21-20)13-7-9-15(10-8-13)26-19(25)14-5-3-2-4-6-14/h2-11H,20H2,1H3,(H,22,23)/b21-17+. The number of nitrogens with zero attached hydrogens (tertiary/aromatic N) is 2. The van der Waals surface area contributed by atoms with Gasteiger partial charge in [0.2, 0.25) is 5.78 Å². The van der Waals surface area contributed by atoms with E-state index in [9.17, 15) is 9.59 Å². The average molecular weight is 348 g/mol. The number of nitrogens with one attached hydrogen (secondary N) is 1. The van der Waals surface area contributed by atoms with E-state index in [1.54, 1.807) is 61.5 Å². The normalized spacial score (nSPS) is 11.2. The molecule has 0 unspecified atom stereocenters. The Morgan fingerprint density at radius 1 is 1.04 bits per heavy atom. The van der Waals surface area contributed by atoms with Crippen molar-refractivity contribution in [3.8, 4) is 5.75 Å². The van der Waals surface area contributed by atoms with Gasteiger partial charge < -0.3 is 10.6 Å². The largest absolute Gasteiger partial charge is 0.423 e. The van der Waals surface area contributed by atoms with Crippen LogP contribution >= 0.6 is 0 Å². The molecule has 0 aliphatic heterocycles. The van der Waals surface area contributed by atoms with E-state index < -0.39 is 11.8 Å². The first-order chi connectivity index (χ1) is 12.6. The highest BCUT2D eigenvalue weighted by molar-refractivity contribution is 6.51. The number of Topliss-reactive ketones (excluding diaryl/α,β-unsaturated/α-hetero) is 1. The second-order valence-electron chi connectivity index (χ2n) is 5.52. The van der Waals surface area contributed by atoms with E-state index in [2.05, 4.69) is 15.3 Å². The van der Waals surface area contributed by atoms with Crippen LogP contribution in [0.15, 0.2) is 65.8 Å². The predicted octanol–water partition coefficient (Wildman–Crippen LogP) is 2.48. The van der Waals surface area contributed by atoms with Gasteiger partial charge in [0, 0.05) is 11.3 Å². The molecule has 0 aliphatic carbocycles. The number of H-pyrrole nitrogens is 1. The Kier molecular flexibility index (Phi) is 4.89. The first-order valence-electron chi connectivity index (χ1n) is 7.80. The molecule has 3 N–H and O–H groups in total. The van der Waals surface area contributed by atoms with Crippen LogP contribution in [0.4, 0.5) is 0 Å². The predicted molar refractivity (Wildman–Crippen MR) is 96.2 cm³/mol. The maximum atomic E-state index is 12.5. The second kappa shape index (κ2) is 7.43. The summed E-state index contributed by atoms with van der Waals surface area (Å²) in [6, 6.07) is 16.6. The summed E-state index contributed by atoms with van der Waals surface area (Å²) in [6.07, 6.45) is 0. The van der Waals surface area contributed by atoms with Crippen LogP contribution in [0.2, 0.25) is 0 Å². The molecule has 0 fully saturated rings. The van der Waals surface area contributed by atoms with E-state index >= 15 is 0 Å². The molecule has 3 rings (SSSR count). The summed E-state index contributed by atoms with van der Waals surface area (Å²) in [5.74, 6) is 4.88. The maximum absolute atomic E-state index is 12.5. The SMILES string of the molecule is Cc1cc(C(=O)/C(=N/N)c2ccc(OC(=O)c3ccccc3)cc2)n[nH]1. The van der Waals surface area contributed by atoms with Gasteiger partial charge in [-0.1, -0.05) is 18.2 Å². The number of aryl methyl sites for hydroxylation is 1. The highest BCUT2D eigenvalue weighted by Crippen LogP contribution is 2.16. The molecular weight excluding hydrogens is 332 g/mol. The lowest BCUT2D eigenvalue weighted by atomic mass is 10.0. The van der Waals surface area contributed by atoms with Crippen molar-refractivity contribution in [2.75, 3.05) is 0 Å². The fourth-order valence-corrected chi connectivity index (χ4v) is 2.34. The van der Waals surface area contributed by atoms with Crippen LogP contribution in [0.3, 0.4) is 0 Å². The minimum atomic E-state index is -0.464. The lowest BCUT2D eigenvalue weighted by Crippen LogP contribution is -2.18. The zero-order chi connectivity index (χ0) is 18.5. The smallest absolute Gasteiger partial charge is 0.343 e. The molecule has 0 aliphatic rings. The van der Waals surface area contributed by atoms with Crippen molar-refractivity contribution in [3.63, 3.8) is 0 Å². The first-order valence-corrected chi connectivity index (χ1v) is 7.80. The third-order valence-electron chi connectivity index (χ3n) is 3.63. The molecular formula is C19H16N4O3. The maximum Gasteiger partial charge on any atom is 0.343 e. The fourth-order valence-electron chi connectivity index (χ4n) is 2.34. The van der Waals surface area contributed by atoms with Gasteiger partial charge in [0.1, 0.15) is 17.2 Å². The Morgan fingerprint density at radius 2 is 1.73 bits per heavy atom. The number of ether oxygens (including phenoxy) is 1. The molecule has 130 valence electrons. The van der Waals surface area contributed by atoms with Gasteiger partial charge in [0.15, 0.2) is 0 Å². The van der Waals surface area contributed by atoms with E-state index in [1.807, 2.05) is 6.07 Å². The topological polar surface area (TPSA) is 110 Å². The third kappa shape index (κ3) is 3.67. The van der Waals surface area contributed by atoms with Crippen molar-refractivity contribution in [2.24, 2.45) is 10.9 Å². The van der Waals surface area contributed by atoms with Crippen LogP contribution in [0.25, 0.3) is 0 Å². The van der Waals surface area contributed by atoms with Gasteiger partial charge in [0.25, 0.3) is 0 Å². The number of hydrogen-bond donors (Lipinski definition) is 2. The van der Waals surface area contributed by atoms with Crippen molar-refractivity contribution in [3.05, 3.63) is 83.2 Å². The fraction of sp³-hybridized carbons (Fsp3) is 0.0526. The highest BCUT2D eigenvalue weighted by Gasteiger charge is 2.19. The van der Waals surface area contributed by atoms with Gasteiger partial charge in [0.05, 0.1) is 5.56 Å². The molecule has 0 saturated carbocycles. The van der Waals surface area contributed by atoms with Gasteiger partial charge in [-0.15, -0.1) is 0 Å². The number of carbonyl (C=O) groups is 2. The van der Waals surface area contributed by atoms with Crippen molar-refractivity contribution in [2.45, 2.75) is 6.92 Å². The van der Waals surface area contributed by atoms with E-state index in [-0.39, 0.29) is 11.4 Å². The van der Waals surface area contributed by atoms with Gasteiger partial charge in [-0.3, -0.25) is 9.89 Å². The minimum Gasteiger partial charge on any atom is -0.423 e. The number of rotatable bonds is 5. The number of hydrazone groups is 1. The zero-order valence-corrected chi connectivity index (χ0v) is 14.0. The lowest BCUT2D eigenvalue weighted by Gasteiger charge is -2.06. The van der Waals surface area contributed by atoms with E-state index in [0.29, 0.717) is 16.9 Å². The average Bonchev–Trinajstić information content (AvgIpc) is 3.11. The Labute approximate surface area is 149 Å². The van der Waals surface area contributed by atoms with Crippen LogP contribution in [0, 0.1) is 6.92 Å². The number of esters is 1. The van der Waals surface area contributed by atoms with Crippen LogP contribution in [0.1, 0.15) is 32.1 Å². The number of aromatic nitrogens is 2. The van der Waals surface area contributed by atoms with Crippen molar-refractivity contribution in [1.29, 1.82) is 0 Å². The monoisotopic (exact) mass is 348 g/mol. The quantitative estimate of drug-likeness (QED) is 0.184. The number of carbonyl (C=O) groups excluding carboxylic acids is 2. The van der Waals surface area contributed by atoms with Gasteiger partial charge >= 0.3 is 5.97 Å². The van der Waals surface area contributed by atoms with Crippen LogP contribution < -0.4 is 10.6 Å². The van der Waals surface area contributed by atoms with Gasteiger partial charge in [-0.05, 0) is 49.4 Å². The van der Waals surface area contributed by atoms with Crippen LogP contribution in [-0.2, 0) is 0 Å². The Hall–Kier alpha value is -3.74. The van der Waals surface area contributed by atoms with E-state index in [0.717, 1.165) is 5.69 Å². The summed E-state index contributed by atoms with van der Waals surface area (Å²) in [5.41, 5.74) is 2.00. The van der Waals surface area contributed by atoms with Crippen LogP contribution in [-0.4, -0.2) is 27.7 Å². The molecule has 0 bridgehead atoms. The Morgan fingerprint density at radius 3 is 2.31 bits per heavy atom. The minimum absolute atomic E-state index is 0.0671. The third-order valence-corrected chi connectivity index (χ3v) is 3.63. The summed E-state index contributed by atoms with van der Waals surface area (Å²) >= 11 is 0. The molecule has 0 saturated heterocycles. The molecule has 3 aromatic rings. The van der Waals surface area contributed by atoms with E-state index in [1.165, 1.54) is 0 Å². The molecule has 0 amide bonds. The Bertz CT molecular complexity index is 960. The summed E-state index contributed by atoms with van der Waals surface area (Å²) < 4.78 is 5.30. The summed E-state index contributed by atoms with van der Waals surface area (Å²) in [6.45, 7) is 1.79. The number of nitrogens with two attached hydrogens (primary N) is 1. The molecule has 1 aromatic heterocycles. The molecule has 1 heterocycles. The van der Waals surface area contributed by atoms with E-state index in [4.69, 9.17) is 10.6 Å². The van der Waals surface area contributed by atoms with Gasteiger partial charge in [-0.2, -0.15) is 10.2 Å². The second-order valence-corrected chi connectivity index (χ2v) is 5.52. The summed E-state index contributed by atoms with van der Waals surface area (Å²) in [5, 5.41) is 10.2. The van der Waals surface area contributed by atoms with Crippen molar-refractivity contribution < 1.29 is 14.3 Å². The molecule has 26 heavy (non-hydrogen) atoms. The molecule has 2 aromatic carbocycles.